The van der Waals surface area contributed by atoms with Crippen LogP contribution in [0.1, 0.15) is 26.7 Å². The third-order valence-corrected chi connectivity index (χ3v) is 6.92. The van der Waals surface area contributed by atoms with Crippen molar-refractivity contribution in [1.82, 2.24) is 9.80 Å². The van der Waals surface area contributed by atoms with Crippen LogP contribution in [0.5, 0.6) is 0 Å². The molecule has 1 amide bonds. The molecule has 40 heavy (non-hydrogen) atoms. The van der Waals surface area contributed by atoms with Crippen molar-refractivity contribution in [3.05, 3.63) is 89.7 Å². The van der Waals surface area contributed by atoms with Crippen molar-refractivity contribution in [2.24, 2.45) is 17.4 Å². The molecule has 0 aliphatic carbocycles. The molecular weight excluding hydrogens is 550 g/mol. The van der Waals surface area contributed by atoms with E-state index in [2.05, 4.69) is 15.8 Å². The highest BCUT2D eigenvalue weighted by Crippen LogP contribution is 2.25. The Morgan fingerprint density at radius 1 is 1.10 bits per heavy atom. The van der Waals surface area contributed by atoms with Gasteiger partial charge in [-0.3, -0.25) is 4.79 Å². The molecule has 3 rings (SSSR count). The Labute approximate surface area is 246 Å². The van der Waals surface area contributed by atoms with Crippen LogP contribution >= 0.6 is 20.8 Å². The van der Waals surface area contributed by atoms with Gasteiger partial charge in [0.25, 0.3) is 0 Å². The third-order valence-electron chi connectivity index (χ3n) is 6.45. The Bertz CT molecular complexity index is 1040. The largest absolute Gasteiger partial charge is 0.389 e. The van der Waals surface area contributed by atoms with E-state index in [1.807, 2.05) is 54.0 Å². The molecule has 2 saturated heterocycles. The number of rotatable bonds is 7. The lowest BCUT2D eigenvalue weighted by Gasteiger charge is -2.38. The van der Waals surface area contributed by atoms with Gasteiger partial charge in [-0.05, 0) is 55.8 Å². The van der Waals surface area contributed by atoms with E-state index in [0.29, 0.717) is 25.5 Å². The molecule has 4 N–H and O–H groups in total. The Balaban J connectivity index is 0.000000433. The zero-order valence-corrected chi connectivity index (χ0v) is 26.0. The third kappa shape index (κ3) is 12.7. The first-order chi connectivity index (χ1) is 19.1. The zero-order chi connectivity index (χ0) is 30.1. The first kappa shape index (κ1) is 35.4. The maximum atomic E-state index is 12.9. The summed E-state index contributed by atoms with van der Waals surface area (Å²) in [5, 5.41) is 1.07. The highest BCUT2D eigenvalue weighted by atomic mass is 35.5. The molecule has 222 valence electrons. The monoisotopic (exact) mass is 594 g/mol. The highest BCUT2D eigenvalue weighted by Gasteiger charge is 2.37. The smallest absolute Gasteiger partial charge is 0.227 e. The molecule has 0 radical (unpaired) electrons. The van der Waals surface area contributed by atoms with Gasteiger partial charge in [0.15, 0.2) is 0 Å². The van der Waals surface area contributed by atoms with Gasteiger partial charge in [-0.15, -0.1) is 9.24 Å². The van der Waals surface area contributed by atoms with E-state index in [1.165, 1.54) is 12.1 Å². The van der Waals surface area contributed by atoms with E-state index in [0.717, 1.165) is 30.3 Å². The number of carbonyl (C=O) groups excluding carboxylic acids is 1. The van der Waals surface area contributed by atoms with Crippen molar-refractivity contribution in [2.75, 3.05) is 40.4 Å². The van der Waals surface area contributed by atoms with Crippen LogP contribution in [0.25, 0.3) is 0 Å². The fourth-order valence-corrected chi connectivity index (χ4v) is 4.75. The van der Waals surface area contributed by atoms with E-state index >= 15 is 0 Å². The van der Waals surface area contributed by atoms with E-state index < -0.39 is 0 Å². The maximum absolute atomic E-state index is 12.9. The van der Waals surface area contributed by atoms with Gasteiger partial charge in [-0.2, -0.15) is 0 Å². The molecule has 1 aromatic carbocycles. The van der Waals surface area contributed by atoms with E-state index in [4.69, 9.17) is 32.5 Å². The zero-order valence-electron chi connectivity index (χ0n) is 24.1. The van der Waals surface area contributed by atoms with Crippen molar-refractivity contribution in [3.63, 3.8) is 0 Å². The molecule has 10 heteroatoms. The van der Waals surface area contributed by atoms with Gasteiger partial charge in [-0.25, -0.2) is 4.39 Å². The number of halogens is 2. The second-order valence-corrected chi connectivity index (χ2v) is 10.5. The van der Waals surface area contributed by atoms with Crippen molar-refractivity contribution in [3.8, 4) is 0 Å². The number of nitrogens with zero attached hydrogens (tertiary/aromatic N) is 2. The Hall–Kier alpha value is -2.64. The van der Waals surface area contributed by atoms with Crippen LogP contribution in [0, 0.1) is 11.7 Å². The number of benzene rings is 1. The minimum atomic E-state index is -0.183. The fourth-order valence-electron chi connectivity index (χ4n) is 4.32. The van der Waals surface area contributed by atoms with Crippen molar-refractivity contribution in [2.45, 2.75) is 38.9 Å². The normalized spacial score (nSPS) is 21.9. The van der Waals surface area contributed by atoms with Gasteiger partial charge in [-0.1, -0.05) is 60.7 Å². The predicted molar refractivity (Wildman–Crippen MR) is 167 cm³/mol. The van der Waals surface area contributed by atoms with Gasteiger partial charge in [0.2, 0.25) is 5.91 Å². The van der Waals surface area contributed by atoms with Gasteiger partial charge in [0.05, 0.1) is 17.2 Å². The number of hydrogen-bond donors (Lipinski definition) is 2. The first-order valence-electron chi connectivity index (χ1n) is 13.2. The molecule has 2 heterocycles. The molecule has 2 aliphatic rings. The lowest BCUT2D eigenvalue weighted by molar-refractivity contribution is -0.144. The number of amides is 1. The Morgan fingerprint density at radius 2 is 1.77 bits per heavy atom. The number of hydrogen-bond acceptors (Lipinski definition) is 6. The fraction of sp³-hybridized carbons (Fsp3) is 0.433. The molecule has 0 aromatic heterocycles. The van der Waals surface area contributed by atoms with E-state index in [9.17, 15) is 9.18 Å². The molecule has 2 fully saturated rings. The summed E-state index contributed by atoms with van der Waals surface area (Å²) in [6.45, 7) is 9.98. The van der Waals surface area contributed by atoms with Crippen molar-refractivity contribution < 1.29 is 18.7 Å². The maximum Gasteiger partial charge on any atom is 0.227 e. The van der Waals surface area contributed by atoms with Crippen LogP contribution < -0.4 is 16.8 Å². The summed E-state index contributed by atoms with van der Waals surface area (Å²) in [6.07, 6.45) is 12.7. The van der Waals surface area contributed by atoms with Crippen LogP contribution in [0.2, 0.25) is 0 Å². The van der Waals surface area contributed by atoms with Crippen LogP contribution in [-0.2, 0) is 14.3 Å². The molecule has 0 saturated carbocycles. The number of piperidine rings is 1. The predicted octanol–water partition coefficient (Wildman–Crippen LogP) is 4.43. The van der Waals surface area contributed by atoms with Crippen LogP contribution in [0.3, 0.4) is 0 Å². The number of nitrogens with two attached hydrogens (primary N) is 2. The Morgan fingerprint density at radius 3 is 2.30 bits per heavy atom. The van der Waals surface area contributed by atoms with Crippen LogP contribution in [0.15, 0.2) is 83.9 Å². The molecule has 4 unspecified atom stereocenters. The molecule has 4 atom stereocenters. The molecule has 2 aliphatic heterocycles. The summed E-state index contributed by atoms with van der Waals surface area (Å²) in [6, 6.07) is 6.39. The quantitative estimate of drug-likeness (QED) is 0.276. The summed E-state index contributed by atoms with van der Waals surface area (Å²) >= 11 is 5.70. The molecular formula is C30H45ClFN4O3P. The van der Waals surface area contributed by atoms with Crippen LogP contribution in [-0.4, -0.2) is 68.3 Å². The minimum Gasteiger partial charge on any atom is -0.389 e. The topological polar surface area (TPSA) is 94.0 Å². The number of allylic oxidation sites excluding steroid dienone is 7. The molecule has 0 bridgehead atoms. The molecule has 7 nitrogen and oxygen atoms in total. The lowest BCUT2D eigenvalue weighted by atomic mass is 10.0. The number of carbonyl (C=O) groups is 1. The lowest BCUT2D eigenvalue weighted by Crippen LogP contribution is -2.52. The second-order valence-electron chi connectivity index (χ2n) is 9.35. The van der Waals surface area contributed by atoms with Gasteiger partial charge >= 0.3 is 0 Å². The number of likely N-dealkylation sites (tertiary alicyclic amines) is 2. The van der Waals surface area contributed by atoms with Crippen molar-refractivity contribution >= 4 is 32.1 Å². The standard InChI is InChI=1S/C17H29ClN4O3.C7H10.C6H6FP/c1-11(8-15(18)19)16(20)21-6-4-12(9-21)17(23)22-7-5-13(24-2)14(10-22)25-3;1-3-5-7-6-4-2;7-5-2-1-3-6(8)4-5/h8,12-14H,4-7,9-10,19-20H2,1-3H3;3-7H,1H2,2H3;1-4H,8H2/b15-8-,16-11+;6-4-,7-5-;. The van der Waals surface area contributed by atoms with E-state index in [1.54, 1.807) is 32.4 Å². The average molecular weight is 595 g/mol. The summed E-state index contributed by atoms with van der Waals surface area (Å²) in [4.78, 5) is 16.8. The first-order valence-corrected chi connectivity index (χ1v) is 14.1. The Kier molecular flexibility index (Phi) is 17.2. The SMILES string of the molecule is C=C/C=C\C=C/C.COC1CCN(C(=O)C2CCN(/C(N)=C(C)/C=C(\N)Cl)C2)CC1OC.Fc1cccc(P)c1. The molecule has 0 spiro atoms. The minimum absolute atomic E-state index is 0.0446. The van der Waals surface area contributed by atoms with Crippen LogP contribution in [0.4, 0.5) is 4.39 Å². The van der Waals surface area contributed by atoms with Gasteiger partial charge < -0.3 is 30.7 Å². The van der Waals surface area contributed by atoms with Gasteiger partial charge in [0, 0.05) is 40.4 Å². The number of ether oxygens (including phenoxy) is 2. The molecule has 1 aromatic rings. The highest BCUT2D eigenvalue weighted by molar-refractivity contribution is 7.27. The van der Waals surface area contributed by atoms with E-state index in [-0.39, 0.29) is 35.0 Å². The summed E-state index contributed by atoms with van der Waals surface area (Å²) in [5.74, 6) is 0.543. The second kappa shape index (κ2) is 19.4. The number of methoxy groups -OCH3 is 2. The summed E-state index contributed by atoms with van der Waals surface area (Å²) in [7, 11) is 5.77. The summed E-state index contributed by atoms with van der Waals surface area (Å²) < 4.78 is 23.1. The summed E-state index contributed by atoms with van der Waals surface area (Å²) in [5.41, 5.74) is 12.5. The average Bonchev–Trinajstić information content (AvgIpc) is 3.42. The van der Waals surface area contributed by atoms with Gasteiger partial charge in [0.1, 0.15) is 17.7 Å². The van der Waals surface area contributed by atoms with Crippen molar-refractivity contribution in [1.29, 1.82) is 0 Å².